The van der Waals surface area contributed by atoms with Gasteiger partial charge in [0.15, 0.2) is 0 Å². The van der Waals surface area contributed by atoms with Gasteiger partial charge in [0.1, 0.15) is 6.33 Å². The fourth-order valence-electron chi connectivity index (χ4n) is 1.81. The highest BCUT2D eigenvalue weighted by Gasteiger charge is 2.23. The molecule has 0 fully saturated rings. The van der Waals surface area contributed by atoms with Crippen molar-refractivity contribution in [2.45, 2.75) is 25.4 Å². The first kappa shape index (κ1) is 19.5. The molecule has 0 saturated carbocycles. The van der Waals surface area contributed by atoms with Gasteiger partial charge < -0.3 is 14.4 Å². The summed E-state index contributed by atoms with van der Waals surface area (Å²) in [5, 5.41) is 3.43. The fourth-order valence-corrected chi connectivity index (χ4v) is 2.75. The second kappa shape index (κ2) is 9.58. The monoisotopic (exact) mass is 348 g/mol. The Hall–Kier alpha value is -1.52. The summed E-state index contributed by atoms with van der Waals surface area (Å²) in [6.07, 6.45) is 1.88. The van der Waals surface area contributed by atoms with Crippen LogP contribution in [-0.4, -0.2) is 79.9 Å². The van der Waals surface area contributed by atoms with E-state index in [-0.39, 0.29) is 17.5 Å². The van der Waals surface area contributed by atoms with Crippen molar-refractivity contribution >= 4 is 15.9 Å². The molecule has 1 aromatic rings. The maximum absolute atomic E-state index is 12.4. The van der Waals surface area contributed by atoms with Gasteiger partial charge in [-0.15, -0.1) is 5.10 Å². The molecule has 0 bridgehead atoms. The van der Waals surface area contributed by atoms with Crippen molar-refractivity contribution in [3.8, 4) is 0 Å². The van der Waals surface area contributed by atoms with Crippen molar-refractivity contribution in [1.82, 2.24) is 19.7 Å². The molecule has 0 aliphatic carbocycles. The molecule has 0 aliphatic rings. The third kappa shape index (κ3) is 5.88. The Kier molecular flexibility index (Phi) is 8.13. The second-order valence-electron chi connectivity index (χ2n) is 4.75. The van der Waals surface area contributed by atoms with Crippen molar-refractivity contribution in [1.29, 1.82) is 0 Å². The van der Waals surface area contributed by atoms with Gasteiger partial charge in [-0.05, 0) is 13.3 Å². The van der Waals surface area contributed by atoms with Gasteiger partial charge in [-0.2, -0.15) is 4.68 Å². The number of ether oxygens (including phenoxy) is 2. The number of hydrogen-bond donors (Lipinski definition) is 0. The Morgan fingerprint density at radius 2 is 2.04 bits per heavy atom. The van der Waals surface area contributed by atoms with Crippen LogP contribution in [0.4, 0.5) is 4.79 Å². The molecule has 1 aromatic heterocycles. The van der Waals surface area contributed by atoms with Gasteiger partial charge in [0, 0.05) is 26.8 Å². The molecule has 0 aliphatic heterocycles. The van der Waals surface area contributed by atoms with E-state index in [4.69, 9.17) is 9.47 Å². The summed E-state index contributed by atoms with van der Waals surface area (Å²) in [5.41, 5.74) is 0. The van der Waals surface area contributed by atoms with Crippen molar-refractivity contribution in [2.75, 3.05) is 45.8 Å². The Bertz CT molecular complexity index is 587. The minimum Gasteiger partial charge on any atom is -0.383 e. The zero-order valence-electron chi connectivity index (χ0n) is 13.8. The predicted octanol–water partition coefficient (Wildman–Crippen LogP) is 0.415. The van der Waals surface area contributed by atoms with Gasteiger partial charge in [0.05, 0.1) is 19.0 Å². The summed E-state index contributed by atoms with van der Waals surface area (Å²) < 4.78 is 35.0. The Morgan fingerprint density at radius 3 is 2.65 bits per heavy atom. The summed E-state index contributed by atoms with van der Waals surface area (Å²) in [6, 6.07) is -0.428. The zero-order valence-corrected chi connectivity index (χ0v) is 14.6. The van der Waals surface area contributed by atoms with Crippen LogP contribution in [-0.2, 0) is 19.3 Å². The Morgan fingerprint density at radius 1 is 1.30 bits per heavy atom. The maximum Gasteiger partial charge on any atom is 0.346 e. The molecule has 0 aromatic carbocycles. The number of aromatic nitrogens is 3. The van der Waals surface area contributed by atoms with E-state index < -0.39 is 15.9 Å². The van der Waals surface area contributed by atoms with E-state index in [0.29, 0.717) is 26.3 Å². The molecule has 0 saturated heterocycles. The van der Waals surface area contributed by atoms with E-state index in [2.05, 4.69) is 10.1 Å². The molecule has 1 rings (SSSR count). The molecular formula is C13H24N4O5S. The highest BCUT2D eigenvalue weighted by atomic mass is 32.2. The lowest BCUT2D eigenvalue weighted by Gasteiger charge is -2.20. The summed E-state index contributed by atoms with van der Waals surface area (Å²) in [5.74, 6) is -0.221. The number of rotatable bonds is 10. The lowest BCUT2D eigenvalue weighted by atomic mass is 10.4. The summed E-state index contributed by atoms with van der Waals surface area (Å²) >= 11 is 0. The Labute approximate surface area is 136 Å². The minimum absolute atomic E-state index is 0.0666. The molecule has 1 amide bonds. The first-order valence-electron chi connectivity index (χ1n) is 7.46. The van der Waals surface area contributed by atoms with Gasteiger partial charge in [0.2, 0.25) is 9.84 Å². The van der Waals surface area contributed by atoms with Gasteiger partial charge in [-0.3, -0.25) is 0 Å². The molecule has 9 nitrogen and oxygen atoms in total. The number of amides is 1. The molecule has 0 unspecified atom stereocenters. The number of carbonyl (C=O) groups excluding carboxylic acids is 1. The van der Waals surface area contributed by atoms with Gasteiger partial charge in [0.25, 0.3) is 5.16 Å². The molecule has 23 heavy (non-hydrogen) atoms. The summed E-state index contributed by atoms with van der Waals surface area (Å²) in [4.78, 5) is 17.6. The van der Waals surface area contributed by atoms with Crippen LogP contribution in [0.2, 0.25) is 0 Å². The molecule has 10 heteroatoms. The first-order chi connectivity index (χ1) is 11.0. The van der Waals surface area contributed by atoms with E-state index in [1.807, 2.05) is 6.92 Å². The lowest BCUT2D eigenvalue weighted by molar-refractivity contribution is 0.148. The first-order valence-corrected chi connectivity index (χ1v) is 9.11. The average Bonchev–Trinajstić information content (AvgIpc) is 3.01. The molecule has 1 heterocycles. The highest BCUT2D eigenvalue weighted by molar-refractivity contribution is 7.91. The number of hydrogen-bond acceptors (Lipinski definition) is 7. The molecule has 132 valence electrons. The number of nitrogens with zero attached hydrogens (tertiary/aromatic N) is 4. The molecular weight excluding hydrogens is 324 g/mol. The van der Waals surface area contributed by atoms with E-state index in [1.165, 1.54) is 4.90 Å². The minimum atomic E-state index is -3.66. The van der Waals surface area contributed by atoms with Gasteiger partial charge >= 0.3 is 6.03 Å². The van der Waals surface area contributed by atoms with Crippen LogP contribution in [0.15, 0.2) is 11.5 Å². The number of sulfone groups is 1. The van der Waals surface area contributed by atoms with Crippen LogP contribution in [0.25, 0.3) is 0 Å². The lowest BCUT2D eigenvalue weighted by Crippen LogP contribution is -2.38. The van der Waals surface area contributed by atoms with Crippen LogP contribution in [0.3, 0.4) is 0 Å². The summed E-state index contributed by atoms with van der Waals surface area (Å²) in [6.45, 7) is 5.53. The average molecular weight is 348 g/mol. The topological polar surface area (TPSA) is 104 Å². The largest absolute Gasteiger partial charge is 0.383 e. The van der Waals surface area contributed by atoms with E-state index in [1.54, 1.807) is 14.0 Å². The van der Waals surface area contributed by atoms with Crippen molar-refractivity contribution < 1.29 is 22.7 Å². The van der Waals surface area contributed by atoms with Gasteiger partial charge in [-0.25, -0.2) is 18.2 Å². The molecule has 0 spiro atoms. The van der Waals surface area contributed by atoms with Crippen LogP contribution in [0.5, 0.6) is 0 Å². The fraction of sp³-hybridized carbons (Fsp3) is 0.769. The van der Waals surface area contributed by atoms with Crippen molar-refractivity contribution in [2.24, 2.45) is 0 Å². The SMILES string of the molecule is CCCN(CCOC)C(=O)n1cnc(S(=O)(=O)CCOCC)n1. The molecule has 0 N–H and O–H groups in total. The number of methoxy groups -OCH3 is 1. The molecule has 0 atom stereocenters. The quantitative estimate of drug-likeness (QED) is 0.564. The van der Waals surface area contributed by atoms with Crippen molar-refractivity contribution in [3.05, 3.63) is 6.33 Å². The van der Waals surface area contributed by atoms with E-state index in [9.17, 15) is 13.2 Å². The Balaban J connectivity index is 2.82. The van der Waals surface area contributed by atoms with Gasteiger partial charge in [-0.1, -0.05) is 6.92 Å². The third-order valence-electron chi connectivity index (χ3n) is 2.97. The predicted molar refractivity (Wildman–Crippen MR) is 83.1 cm³/mol. The van der Waals surface area contributed by atoms with Crippen LogP contribution >= 0.6 is 0 Å². The van der Waals surface area contributed by atoms with Crippen LogP contribution in [0.1, 0.15) is 20.3 Å². The van der Waals surface area contributed by atoms with E-state index in [0.717, 1.165) is 17.4 Å². The third-order valence-corrected chi connectivity index (χ3v) is 4.42. The standard InChI is InChI=1S/C13H24N4O5S/c1-4-6-16(7-8-21-3)13(18)17-11-14-12(15-17)23(19,20)10-9-22-5-2/h11H,4-10H2,1-3H3. The maximum atomic E-state index is 12.4. The zero-order chi connectivity index (χ0) is 17.3. The normalized spacial score (nSPS) is 11.6. The van der Waals surface area contributed by atoms with Crippen LogP contribution in [0, 0.1) is 0 Å². The molecule has 0 radical (unpaired) electrons. The summed E-state index contributed by atoms with van der Waals surface area (Å²) in [7, 11) is -2.11. The van der Waals surface area contributed by atoms with E-state index >= 15 is 0 Å². The smallest absolute Gasteiger partial charge is 0.346 e. The highest BCUT2D eigenvalue weighted by Crippen LogP contribution is 2.05. The van der Waals surface area contributed by atoms with Crippen LogP contribution < -0.4 is 0 Å². The van der Waals surface area contributed by atoms with Crippen molar-refractivity contribution in [3.63, 3.8) is 0 Å². The number of carbonyl (C=O) groups is 1. The second-order valence-corrected chi connectivity index (χ2v) is 6.75.